The zero-order chi connectivity index (χ0) is 24.3. The van der Waals surface area contributed by atoms with E-state index in [9.17, 15) is 32.8 Å². The van der Waals surface area contributed by atoms with Crippen molar-refractivity contribution in [2.75, 3.05) is 0 Å². The van der Waals surface area contributed by atoms with Crippen molar-refractivity contribution in [3.63, 3.8) is 0 Å². The minimum Gasteiger partial charge on any atom is -0.549 e. The van der Waals surface area contributed by atoms with Crippen molar-refractivity contribution in [2.24, 2.45) is 17.3 Å². The molecular formula is C23H42Na2O7S. The van der Waals surface area contributed by atoms with Gasteiger partial charge in [-0.2, -0.15) is 8.42 Å². The normalized spacial score (nSPS) is 13.8. The van der Waals surface area contributed by atoms with Gasteiger partial charge in [-0.1, -0.05) is 91.9 Å². The van der Waals surface area contributed by atoms with Crippen LogP contribution in [0.4, 0.5) is 0 Å². The van der Waals surface area contributed by atoms with E-state index in [0.717, 1.165) is 45.4 Å². The van der Waals surface area contributed by atoms with Gasteiger partial charge < -0.3 is 19.8 Å². The van der Waals surface area contributed by atoms with Gasteiger partial charge in [0.05, 0.1) is 5.97 Å². The zero-order valence-electron chi connectivity index (χ0n) is 21.9. The molecule has 0 saturated carbocycles. The summed E-state index contributed by atoms with van der Waals surface area (Å²) in [5.74, 6) is -2.77. The number of carbonyl (C=O) groups is 2. The Bertz CT molecular complexity index is 646. The van der Waals surface area contributed by atoms with Crippen LogP contribution in [0.2, 0.25) is 0 Å². The van der Waals surface area contributed by atoms with E-state index in [-0.39, 0.29) is 72.0 Å². The van der Waals surface area contributed by atoms with E-state index >= 15 is 0 Å². The molecule has 0 heterocycles. The predicted molar refractivity (Wildman–Crippen MR) is 117 cm³/mol. The van der Waals surface area contributed by atoms with E-state index in [0.29, 0.717) is 37.5 Å². The SMILES string of the molecule is CC(C)CCCCCCC(CCCCCCC(C)C)(C(=O)[O-])C(C)(C(=O)[O-])S(=O)(=O)O.[Na+].[Na+]. The molecule has 0 amide bonds. The Morgan fingerprint density at radius 1 is 0.727 bits per heavy atom. The maximum absolute atomic E-state index is 12.3. The minimum absolute atomic E-state index is 0. The maximum Gasteiger partial charge on any atom is 1.00 e. The number of carbonyl (C=O) groups excluding carboxylic acids is 2. The Labute approximate surface area is 245 Å². The van der Waals surface area contributed by atoms with Gasteiger partial charge in [0.1, 0.15) is 4.75 Å². The monoisotopic (exact) mass is 508 g/mol. The van der Waals surface area contributed by atoms with E-state index in [1.54, 1.807) is 0 Å². The van der Waals surface area contributed by atoms with E-state index < -0.39 is 32.2 Å². The minimum atomic E-state index is -5.27. The van der Waals surface area contributed by atoms with Crippen LogP contribution in [0.15, 0.2) is 0 Å². The number of unbranched alkanes of at least 4 members (excludes halogenated alkanes) is 6. The molecule has 1 atom stereocenters. The molecule has 0 fully saturated rings. The second kappa shape index (κ2) is 18.1. The van der Waals surface area contributed by atoms with E-state index in [1.165, 1.54) is 0 Å². The quantitative estimate of drug-likeness (QED) is 0.119. The molecule has 184 valence electrons. The maximum atomic E-state index is 12.3. The average molecular weight is 509 g/mol. The van der Waals surface area contributed by atoms with Gasteiger partial charge in [-0.05, 0) is 31.6 Å². The molecule has 1 N–H and O–H groups in total. The number of hydrogen-bond donors (Lipinski definition) is 1. The molecule has 0 bridgehead atoms. The van der Waals surface area contributed by atoms with Crippen LogP contribution in [0, 0.1) is 17.3 Å². The number of rotatable bonds is 18. The van der Waals surface area contributed by atoms with Crippen LogP contribution in [0.1, 0.15) is 112 Å². The van der Waals surface area contributed by atoms with Gasteiger partial charge in [-0.25, -0.2) is 0 Å². The fraction of sp³-hybridized carbons (Fsp3) is 0.913. The Morgan fingerprint density at radius 2 is 1.06 bits per heavy atom. The largest absolute Gasteiger partial charge is 1.00 e. The molecule has 7 nitrogen and oxygen atoms in total. The first-order valence-electron chi connectivity index (χ1n) is 11.6. The van der Waals surface area contributed by atoms with Crippen LogP contribution in [0.5, 0.6) is 0 Å². The third kappa shape index (κ3) is 12.1. The first-order valence-corrected chi connectivity index (χ1v) is 13.1. The molecule has 10 heteroatoms. The van der Waals surface area contributed by atoms with Gasteiger partial charge in [0.2, 0.25) is 0 Å². The number of hydrogen-bond acceptors (Lipinski definition) is 6. The molecule has 0 rings (SSSR count). The first kappa shape index (κ1) is 38.4. The molecule has 1 unspecified atom stereocenters. The molecular weight excluding hydrogens is 466 g/mol. The predicted octanol–water partition coefficient (Wildman–Crippen LogP) is -2.88. The van der Waals surface area contributed by atoms with Crippen molar-refractivity contribution in [1.82, 2.24) is 0 Å². The van der Waals surface area contributed by atoms with Crippen molar-refractivity contribution >= 4 is 22.1 Å². The zero-order valence-corrected chi connectivity index (χ0v) is 26.8. The second-order valence-electron chi connectivity index (χ2n) is 9.86. The molecule has 0 aliphatic rings. The molecule has 0 radical (unpaired) electrons. The summed E-state index contributed by atoms with van der Waals surface area (Å²) in [4.78, 5) is 24.2. The summed E-state index contributed by atoms with van der Waals surface area (Å²) >= 11 is 0. The average Bonchev–Trinajstić information content (AvgIpc) is 2.62. The van der Waals surface area contributed by atoms with Crippen molar-refractivity contribution in [1.29, 1.82) is 0 Å². The van der Waals surface area contributed by atoms with E-state index in [1.807, 2.05) is 0 Å². The third-order valence-corrected chi connectivity index (χ3v) is 8.07. The van der Waals surface area contributed by atoms with Crippen molar-refractivity contribution in [3.8, 4) is 0 Å². The third-order valence-electron chi connectivity index (χ3n) is 6.48. The van der Waals surface area contributed by atoms with Crippen molar-refractivity contribution in [3.05, 3.63) is 0 Å². The topological polar surface area (TPSA) is 135 Å². The second-order valence-corrected chi connectivity index (χ2v) is 11.6. The van der Waals surface area contributed by atoms with Gasteiger partial charge in [0.25, 0.3) is 10.1 Å². The van der Waals surface area contributed by atoms with Crippen LogP contribution in [-0.4, -0.2) is 29.7 Å². The van der Waals surface area contributed by atoms with Crippen molar-refractivity contribution < 1.29 is 91.9 Å². The molecule has 0 aromatic heterocycles. The molecule has 0 spiro atoms. The Hall–Kier alpha value is 0.850. The summed E-state index contributed by atoms with van der Waals surface area (Å²) in [5, 5.41) is 24.2. The smallest absolute Gasteiger partial charge is 0.549 e. The fourth-order valence-electron chi connectivity index (χ4n) is 4.21. The van der Waals surface area contributed by atoms with Crippen LogP contribution in [-0.2, 0) is 19.7 Å². The molecule has 0 aliphatic heterocycles. The van der Waals surface area contributed by atoms with Gasteiger partial charge in [-0.3, -0.25) is 4.55 Å². The van der Waals surface area contributed by atoms with Gasteiger partial charge in [-0.15, -0.1) is 0 Å². The first-order chi connectivity index (χ1) is 14.2. The number of carboxylic acid groups (broad SMARTS) is 2. The molecule has 0 saturated heterocycles. The van der Waals surface area contributed by atoms with Crippen LogP contribution < -0.4 is 69.3 Å². The summed E-state index contributed by atoms with van der Waals surface area (Å²) in [7, 11) is -5.27. The summed E-state index contributed by atoms with van der Waals surface area (Å²) < 4.78 is 31.0. The van der Waals surface area contributed by atoms with Crippen LogP contribution in [0.25, 0.3) is 0 Å². The van der Waals surface area contributed by atoms with Crippen LogP contribution >= 0.6 is 0 Å². The Morgan fingerprint density at radius 3 is 1.30 bits per heavy atom. The van der Waals surface area contributed by atoms with Crippen molar-refractivity contribution in [2.45, 2.75) is 116 Å². The summed E-state index contributed by atoms with van der Waals surface area (Å²) in [5.41, 5.74) is -2.25. The molecule has 0 aromatic rings. The van der Waals surface area contributed by atoms with E-state index in [4.69, 9.17) is 0 Å². The number of aliphatic carboxylic acids is 2. The molecule has 0 aromatic carbocycles. The standard InChI is InChI=1S/C23H44O7S.2Na/c1-18(2)14-10-6-8-12-16-23(21(26)27,17-13-9-7-11-15-19(3)4)22(5,20(24)25)31(28,29)30;;/h18-19H,6-17H2,1-5H3,(H,24,25)(H,26,27)(H,28,29,30);;/q;2*+1/p-2. The van der Waals surface area contributed by atoms with Gasteiger partial charge in [0, 0.05) is 11.4 Å². The number of carboxylic acids is 2. The van der Waals surface area contributed by atoms with Gasteiger partial charge in [0.15, 0.2) is 0 Å². The Kier molecular flexibility index (Phi) is 21.1. The van der Waals surface area contributed by atoms with Crippen LogP contribution in [0.3, 0.4) is 0 Å². The summed E-state index contributed by atoms with van der Waals surface area (Å²) in [6.45, 7) is 9.18. The molecule has 33 heavy (non-hydrogen) atoms. The Balaban J connectivity index is -0.00000450. The van der Waals surface area contributed by atoms with E-state index in [2.05, 4.69) is 27.7 Å². The van der Waals surface area contributed by atoms with Gasteiger partial charge >= 0.3 is 59.1 Å². The summed E-state index contributed by atoms with van der Waals surface area (Å²) in [6.07, 6.45) is 7.21. The summed E-state index contributed by atoms with van der Waals surface area (Å²) in [6, 6.07) is 0. The fourth-order valence-corrected chi connectivity index (χ4v) is 5.21. The molecule has 0 aliphatic carbocycles.